The number of carbonyl (C=O) groups is 2. The van der Waals surface area contributed by atoms with E-state index in [4.69, 9.17) is 0 Å². The fourth-order valence-corrected chi connectivity index (χ4v) is 5.38. The van der Waals surface area contributed by atoms with Crippen LogP contribution in [0.1, 0.15) is 80.8 Å². The normalized spacial score (nSPS) is 18.9. The molecule has 2 amide bonds. The molecule has 0 aliphatic heterocycles. The highest BCUT2D eigenvalue weighted by Gasteiger charge is 2.42. The van der Waals surface area contributed by atoms with E-state index in [0.717, 1.165) is 10.9 Å². The van der Waals surface area contributed by atoms with Crippen LogP contribution in [0.4, 0.5) is 32.0 Å². The van der Waals surface area contributed by atoms with Crippen molar-refractivity contribution in [2.45, 2.75) is 89.1 Å². The number of anilines is 1. The highest BCUT2D eigenvalue weighted by atomic mass is 19.4. The summed E-state index contributed by atoms with van der Waals surface area (Å²) in [6.07, 6.45) is -1.96. The number of carbonyl (C=O) groups excluding carboxylic acids is 2. The second-order valence-corrected chi connectivity index (χ2v) is 11.3. The van der Waals surface area contributed by atoms with E-state index in [-0.39, 0.29) is 36.3 Å². The largest absolute Gasteiger partial charge is 0.408 e. The summed E-state index contributed by atoms with van der Waals surface area (Å²) in [4.78, 5) is 26.7. The van der Waals surface area contributed by atoms with Gasteiger partial charge in [-0.1, -0.05) is 0 Å². The molecule has 0 radical (unpaired) electrons. The highest BCUT2D eigenvalue weighted by Crippen LogP contribution is 2.43. The van der Waals surface area contributed by atoms with Crippen LogP contribution in [0, 0.1) is 17.8 Å². The molecular weight excluding hydrogens is 586 g/mol. The molecule has 234 valence electrons. The van der Waals surface area contributed by atoms with Gasteiger partial charge in [0, 0.05) is 25.1 Å². The van der Waals surface area contributed by atoms with Crippen LogP contribution in [0.3, 0.4) is 0 Å². The van der Waals surface area contributed by atoms with Crippen LogP contribution in [-0.2, 0) is 11.3 Å². The Morgan fingerprint density at radius 1 is 1.12 bits per heavy atom. The molecule has 2 aliphatic carbocycles. The fraction of sp³-hybridized carbons (Fsp3) is 0.640. The second kappa shape index (κ2) is 11.6. The van der Waals surface area contributed by atoms with Gasteiger partial charge in [0.15, 0.2) is 5.82 Å². The lowest BCUT2D eigenvalue weighted by molar-refractivity contribution is -0.143. The highest BCUT2D eigenvalue weighted by molar-refractivity contribution is 6.00. The van der Waals surface area contributed by atoms with Gasteiger partial charge in [0.25, 0.3) is 11.9 Å². The van der Waals surface area contributed by atoms with Crippen LogP contribution >= 0.6 is 0 Å². The molecule has 12 nitrogen and oxygen atoms in total. The third-order valence-electron chi connectivity index (χ3n) is 7.65. The van der Waals surface area contributed by atoms with Crippen molar-refractivity contribution in [3.05, 3.63) is 35.9 Å². The van der Waals surface area contributed by atoms with E-state index < -0.39 is 72.9 Å². The predicted octanol–water partition coefficient (Wildman–Crippen LogP) is 3.91. The number of nitrogens with one attached hydrogen (secondary N) is 2. The maximum atomic E-state index is 15.1. The van der Waals surface area contributed by atoms with E-state index in [2.05, 4.69) is 36.4 Å². The molecule has 3 aromatic rings. The number of amides is 2. The van der Waals surface area contributed by atoms with E-state index in [9.17, 15) is 31.5 Å². The Morgan fingerprint density at radius 2 is 1.81 bits per heavy atom. The molecular formula is C25H30F6N10O2. The van der Waals surface area contributed by atoms with Gasteiger partial charge in [-0.3, -0.25) is 19.0 Å². The van der Waals surface area contributed by atoms with E-state index >= 15 is 4.39 Å². The van der Waals surface area contributed by atoms with Crippen molar-refractivity contribution >= 4 is 17.5 Å². The van der Waals surface area contributed by atoms with Crippen LogP contribution in [0.2, 0.25) is 0 Å². The third kappa shape index (κ3) is 6.98. The fourth-order valence-electron chi connectivity index (χ4n) is 5.38. The van der Waals surface area contributed by atoms with Crippen LogP contribution < -0.4 is 10.6 Å². The standard InChI is InChI=1S/C25H30F6N10O2/c1-13(2)41-17(7-10-32-41)22(42)34-18(14-5-8-24(27,28)9-6-14)23(43)33-16-11-39(36-20(16)26)19(15-3-4-15)21-35-37-38-40(21)12-25(29,30)31/h7,10-11,13-15,18-19H,3-6,8-9,12H2,1-2H3,(H,33,43)(H,34,42)/t18-,19?/m0/s1. The number of nitrogens with zero attached hydrogens (tertiary/aromatic N) is 8. The zero-order valence-corrected chi connectivity index (χ0v) is 23.2. The Bertz CT molecular complexity index is 1450. The van der Waals surface area contributed by atoms with Gasteiger partial charge >= 0.3 is 6.18 Å². The van der Waals surface area contributed by atoms with Gasteiger partial charge in [-0.2, -0.15) is 22.7 Å². The monoisotopic (exact) mass is 616 g/mol. The molecule has 0 saturated heterocycles. The molecule has 0 spiro atoms. The summed E-state index contributed by atoms with van der Waals surface area (Å²) < 4.78 is 85.2. The summed E-state index contributed by atoms with van der Waals surface area (Å²) in [5, 5.41) is 23.4. The van der Waals surface area contributed by atoms with Gasteiger partial charge < -0.3 is 10.6 Å². The summed E-state index contributed by atoms with van der Waals surface area (Å²) in [5.74, 6) is -6.62. The Balaban J connectivity index is 1.39. The molecule has 5 rings (SSSR count). The number of hydrogen-bond donors (Lipinski definition) is 2. The third-order valence-corrected chi connectivity index (χ3v) is 7.65. The number of aromatic nitrogens is 8. The molecule has 2 saturated carbocycles. The molecule has 1 unspecified atom stereocenters. The van der Waals surface area contributed by atoms with Crippen LogP contribution in [0.5, 0.6) is 0 Å². The molecule has 2 fully saturated rings. The zero-order chi connectivity index (χ0) is 31.1. The van der Waals surface area contributed by atoms with Gasteiger partial charge in [-0.25, -0.2) is 13.5 Å². The molecule has 3 heterocycles. The first-order valence-electron chi connectivity index (χ1n) is 13.8. The second-order valence-electron chi connectivity index (χ2n) is 11.3. The van der Waals surface area contributed by atoms with Gasteiger partial charge in [0.05, 0.1) is 6.20 Å². The van der Waals surface area contributed by atoms with Crippen molar-refractivity contribution in [1.29, 1.82) is 0 Å². The minimum Gasteiger partial charge on any atom is -0.339 e. The number of alkyl halides is 5. The Morgan fingerprint density at radius 3 is 2.44 bits per heavy atom. The molecule has 3 aromatic heterocycles. The maximum Gasteiger partial charge on any atom is 0.408 e. The first-order valence-corrected chi connectivity index (χ1v) is 13.8. The Kier molecular flexibility index (Phi) is 8.22. The lowest BCUT2D eigenvalue weighted by Crippen LogP contribution is -2.50. The number of tetrazole rings is 1. The van der Waals surface area contributed by atoms with E-state index in [0.29, 0.717) is 17.5 Å². The number of halogens is 6. The Hall–Kier alpha value is -3.99. The lowest BCUT2D eigenvalue weighted by Gasteiger charge is -2.33. The summed E-state index contributed by atoms with van der Waals surface area (Å²) in [6, 6.07) is -0.981. The zero-order valence-electron chi connectivity index (χ0n) is 23.2. The van der Waals surface area contributed by atoms with Crippen LogP contribution in [-0.4, -0.2) is 69.7 Å². The average molecular weight is 617 g/mol. The maximum absolute atomic E-state index is 15.1. The van der Waals surface area contributed by atoms with E-state index in [1.54, 1.807) is 13.8 Å². The average Bonchev–Trinajstić information content (AvgIpc) is 3.26. The Labute approximate surface area is 241 Å². The molecule has 0 aromatic carbocycles. The van der Waals surface area contributed by atoms with Crippen molar-refractivity contribution in [3.63, 3.8) is 0 Å². The predicted molar refractivity (Wildman–Crippen MR) is 136 cm³/mol. The van der Waals surface area contributed by atoms with Crippen LogP contribution in [0.25, 0.3) is 0 Å². The first-order chi connectivity index (χ1) is 20.2. The van der Waals surface area contributed by atoms with Crippen molar-refractivity contribution in [2.75, 3.05) is 5.32 Å². The number of rotatable bonds is 10. The SMILES string of the molecule is CC(C)n1nccc1C(=O)N[C@H](C(=O)Nc1cn(C(c2nnnn2CC(F)(F)F)C2CC2)nc1F)C1CCC(F)(F)CC1. The van der Waals surface area contributed by atoms with Crippen LogP contribution in [0.15, 0.2) is 18.5 Å². The van der Waals surface area contributed by atoms with Gasteiger partial charge in [0.1, 0.15) is 30.0 Å². The summed E-state index contributed by atoms with van der Waals surface area (Å²) in [6.45, 7) is 2.14. The first kappa shape index (κ1) is 30.5. The quantitative estimate of drug-likeness (QED) is 0.330. The van der Waals surface area contributed by atoms with Gasteiger partial charge in [-0.05, 0) is 67.9 Å². The smallest absolute Gasteiger partial charge is 0.339 e. The minimum atomic E-state index is -4.61. The minimum absolute atomic E-state index is 0.0673. The van der Waals surface area contributed by atoms with E-state index in [1.807, 2.05) is 0 Å². The van der Waals surface area contributed by atoms with Crippen molar-refractivity contribution in [3.8, 4) is 0 Å². The molecule has 2 aliphatic rings. The summed E-state index contributed by atoms with van der Waals surface area (Å²) >= 11 is 0. The molecule has 2 N–H and O–H groups in total. The molecule has 0 bridgehead atoms. The molecule has 2 atom stereocenters. The van der Waals surface area contributed by atoms with E-state index in [1.165, 1.54) is 16.9 Å². The number of hydrogen-bond acceptors (Lipinski definition) is 7. The van der Waals surface area contributed by atoms with Crippen molar-refractivity contribution in [1.82, 2.24) is 45.1 Å². The van der Waals surface area contributed by atoms with Crippen molar-refractivity contribution < 1.29 is 35.9 Å². The molecule has 18 heteroatoms. The molecule has 43 heavy (non-hydrogen) atoms. The lowest BCUT2D eigenvalue weighted by atomic mass is 9.81. The summed E-state index contributed by atoms with van der Waals surface area (Å²) in [7, 11) is 0. The summed E-state index contributed by atoms with van der Waals surface area (Å²) in [5.41, 5.74) is -0.255. The topological polar surface area (TPSA) is 137 Å². The van der Waals surface area contributed by atoms with Crippen molar-refractivity contribution in [2.24, 2.45) is 11.8 Å². The van der Waals surface area contributed by atoms with Gasteiger partial charge in [0.2, 0.25) is 11.8 Å². The van der Waals surface area contributed by atoms with Gasteiger partial charge in [-0.15, -0.1) is 10.2 Å².